The first-order valence-corrected chi connectivity index (χ1v) is 9.46. The van der Waals surface area contributed by atoms with E-state index in [2.05, 4.69) is 15.5 Å². The van der Waals surface area contributed by atoms with Crippen LogP contribution in [0, 0.1) is 11.3 Å². The maximum absolute atomic E-state index is 12.5. The van der Waals surface area contributed by atoms with Crippen molar-refractivity contribution in [1.82, 2.24) is 10.2 Å². The van der Waals surface area contributed by atoms with E-state index in [4.69, 9.17) is 19.2 Å². The molecule has 1 heterocycles. The molecule has 0 aliphatic rings. The predicted molar refractivity (Wildman–Crippen MR) is 108 cm³/mol. The number of benzene rings is 2. The minimum atomic E-state index is -0.513. The molecule has 0 saturated carbocycles. The number of nitriles is 1. The number of methoxy groups -OCH3 is 2. The van der Waals surface area contributed by atoms with Crippen LogP contribution in [0.2, 0.25) is 0 Å². The average molecular weight is 410 g/mol. The van der Waals surface area contributed by atoms with Gasteiger partial charge in [0.05, 0.1) is 30.7 Å². The third-order valence-electron chi connectivity index (χ3n) is 3.99. The number of hydrogen-bond donors (Lipinski definition) is 1. The minimum Gasteiger partial charge on any atom is -0.493 e. The van der Waals surface area contributed by atoms with E-state index in [0.29, 0.717) is 34.2 Å². The molecule has 0 fully saturated rings. The summed E-state index contributed by atoms with van der Waals surface area (Å²) in [5, 5.41) is 19.6. The number of thioether (sulfide) groups is 1. The molecule has 0 unspecified atom stereocenters. The van der Waals surface area contributed by atoms with Crippen LogP contribution in [0.3, 0.4) is 0 Å². The zero-order chi connectivity index (χ0) is 20.8. The maximum atomic E-state index is 12.5. The van der Waals surface area contributed by atoms with Gasteiger partial charge in [-0.25, -0.2) is 0 Å². The van der Waals surface area contributed by atoms with Crippen LogP contribution in [0.25, 0.3) is 11.5 Å². The molecular formula is C20H18N4O4S. The van der Waals surface area contributed by atoms with Crippen molar-refractivity contribution in [3.63, 3.8) is 0 Å². The highest BCUT2D eigenvalue weighted by molar-refractivity contribution is 8.00. The summed E-state index contributed by atoms with van der Waals surface area (Å²) in [5.41, 5.74) is 1.53. The van der Waals surface area contributed by atoms with E-state index in [1.165, 1.54) is 0 Å². The van der Waals surface area contributed by atoms with Gasteiger partial charge in [0.15, 0.2) is 11.5 Å². The summed E-state index contributed by atoms with van der Waals surface area (Å²) in [4.78, 5) is 12.5. The van der Waals surface area contributed by atoms with E-state index in [-0.39, 0.29) is 11.1 Å². The maximum Gasteiger partial charge on any atom is 0.277 e. The second kappa shape index (κ2) is 9.12. The normalized spacial score (nSPS) is 11.4. The second-order valence-corrected chi connectivity index (χ2v) is 7.14. The molecule has 2 aromatic carbocycles. The highest BCUT2D eigenvalue weighted by atomic mass is 32.2. The molecule has 0 bridgehead atoms. The van der Waals surface area contributed by atoms with Gasteiger partial charge in [-0.1, -0.05) is 23.9 Å². The van der Waals surface area contributed by atoms with E-state index in [9.17, 15) is 4.79 Å². The lowest BCUT2D eigenvalue weighted by Gasteiger charge is -2.10. The average Bonchev–Trinajstić information content (AvgIpc) is 3.21. The lowest BCUT2D eigenvalue weighted by atomic mass is 10.2. The highest BCUT2D eigenvalue weighted by Crippen LogP contribution is 2.33. The molecule has 1 atom stereocenters. The monoisotopic (exact) mass is 410 g/mol. The van der Waals surface area contributed by atoms with E-state index < -0.39 is 5.25 Å². The van der Waals surface area contributed by atoms with Crippen LogP contribution in [0.5, 0.6) is 11.5 Å². The summed E-state index contributed by atoms with van der Waals surface area (Å²) in [5.74, 6) is 1.16. The Kier molecular flexibility index (Phi) is 6.36. The summed E-state index contributed by atoms with van der Waals surface area (Å²) >= 11 is 1.13. The van der Waals surface area contributed by atoms with Crippen molar-refractivity contribution >= 4 is 23.4 Å². The summed E-state index contributed by atoms with van der Waals surface area (Å²) in [7, 11) is 3.10. The fraction of sp³-hybridized carbons (Fsp3) is 0.200. The summed E-state index contributed by atoms with van der Waals surface area (Å²) in [6, 6.07) is 14.1. The molecule has 1 aromatic heterocycles. The Hall–Kier alpha value is -3.51. The van der Waals surface area contributed by atoms with E-state index in [1.54, 1.807) is 63.6 Å². The van der Waals surface area contributed by atoms with Crippen molar-refractivity contribution < 1.29 is 18.7 Å². The van der Waals surface area contributed by atoms with Gasteiger partial charge < -0.3 is 19.2 Å². The predicted octanol–water partition coefficient (Wildman–Crippen LogP) is 3.74. The molecule has 1 N–H and O–H groups in total. The zero-order valence-corrected chi connectivity index (χ0v) is 16.8. The molecule has 0 aliphatic carbocycles. The van der Waals surface area contributed by atoms with Crippen LogP contribution < -0.4 is 14.8 Å². The van der Waals surface area contributed by atoms with Crippen molar-refractivity contribution in [2.24, 2.45) is 0 Å². The van der Waals surface area contributed by atoms with E-state index in [1.807, 2.05) is 6.07 Å². The Morgan fingerprint density at radius 1 is 1.17 bits per heavy atom. The molecule has 3 rings (SSSR count). The number of nitrogens with one attached hydrogen (secondary N) is 1. The number of para-hydroxylation sites is 1. The number of anilines is 1. The lowest BCUT2D eigenvalue weighted by Crippen LogP contribution is -2.22. The van der Waals surface area contributed by atoms with Crippen molar-refractivity contribution in [3.05, 3.63) is 48.0 Å². The number of aromatic nitrogens is 2. The SMILES string of the molecule is COc1ccc(-c2nnc(S[C@H](C)C(=O)Nc3ccccc3C#N)o2)cc1OC. The molecule has 29 heavy (non-hydrogen) atoms. The lowest BCUT2D eigenvalue weighted by molar-refractivity contribution is -0.115. The van der Waals surface area contributed by atoms with Crippen molar-refractivity contribution in [2.45, 2.75) is 17.4 Å². The van der Waals surface area contributed by atoms with Gasteiger partial charge >= 0.3 is 0 Å². The van der Waals surface area contributed by atoms with E-state index >= 15 is 0 Å². The number of amides is 1. The second-order valence-electron chi connectivity index (χ2n) is 5.85. The topological polar surface area (TPSA) is 110 Å². The Labute approximate surface area is 171 Å². The molecule has 0 radical (unpaired) electrons. The third-order valence-corrected chi connectivity index (χ3v) is 4.92. The summed E-state index contributed by atoms with van der Waals surface area (Å²) in [6.07, 6.45) is 0. The largest absolute Gasteiger partial charge is 0.493 e. The summed E-state index contributed by atoms with van der Waals surface area (Å²) < 4.78 is 16.2. The number of carbonyl (C=O) groups is 1. The van der Waals surface area contributed by atoms with Gasteiger partial charge in [0.1, 0.15) is 6.07 Å². The fourth-order valence-corrected chi connectivity index (χ4v) is 3.16. The van der Waals surface area contributed by atoms with Crippen LogP contribution >= 0.6 is 11.8 Å². The number of hydrogen-bond acceptors (Lipinski definition) is 8. The Morgan fingerprint density at radius 2 is 1.93 bits per heavy atom. The number of rotatable bonds is 7. The first-order chi connectivity index (χ1) is 14.0. The molecule has 0 spiro atoms. The van der Waals surface area contributed by atoms with E-state index in [0.717, 1.165) is 11.8 Å². The molecule has 0 saturated heterocycles. The van der Waals surface area contributed by atoms with Gasteiger partial charge in [0.25, 0.3) is 5.22 Å². The van der Waals surface area contributed by atoms with Crippen LogP contribution in [-0.4, -0.2) is 35.6 Å². The minimum absolute atomic E-state index is 0.256. The quantitative estimate of drug-likeness (QED) is 0.587. The molecular weight excluding hydrogens is 392 g/mol. The fourth-order valence-electron chi connectivity index (χ4n) is 2.47. The zero-order valence-electron chi connectivity index (χ0n) is 16.0. The van der Waals surface area contributed by atoms with Gasteiger partial charge in [0.2, 0.25) is 11.8 Å². The highest BCUT2D eigenvalue weighted by Gasteiger charge is 2.20. The van der Waals surface area contributed by atoms with Gasteiger partial charge in [-0.15, -0.1) is 10.2 Å². The summed E-state index contributed by atoms with van der Waals surface area (Å²) in [6.45, 7) is 1.72. The number of ether oxygens (including phenoxy) is 2. The van der Waals surface area contributed by atoms with Gasteiger partial charge in [0, 0.05) is 5.56 Å². The van der Waals surface area contributed by atoms with Crippen LogP contribution in [0.1, 0.15) is 12.5 Å². The standard InChI is InChI=1S/C20H18N4O4S/c1-12(18(25)22-15-7-5-4-6-14(15)11-21)29-20-24-23-19(28-20)13-8-9-16(26-2)17(10-13)27-3/h4-10,12H,1-3H3,(H,22,25)/t12-/m1/s1. The van der Waals surface area contributed by atoms with Gasteiger partial charge in [-0.2, -0.15) is 5.26 Å². The molecule has 9 heteroatoms. The first kappa shape index (κ1) is 20.2. The van der Waals surface area contributed by atoms with Crippen molar-refractivity contribution in [1.29, 1.82) is 5.26 Å². The van der Waals surface area contributed by atoms with Crippen molar-refractivity contribution in [2.75, 3.05) is 19.5 Å². The third kappa shape index (κ3) is 4.67. The molecule has 0 aliphatic heterocycles. The first-order valence-electron chi connectivity index (χ1n) is 8.58. The number of nitrogens with zero attached hydrogens (tertiary/aromatic N) is 3. The van der Waals surface area contributed by atoms with Crippen LogP contribution in [0.4, 0.5) is 5.69 Å². The van der Waals surface area contributed by atoms with Crippen molar-refractivity contribution in [3.8, 4) is 29.0 Å². The Balaban J connectivity index is 1.69. The smallest absolute Gasteiger partial charge is 0.277 e. The van der Waals surface area contributed by atoms with Gasteiger partial charge in [-0.05, 0) is 37.3 Å². The Bertz CT molecular complexity index is 1060. The van der Waals surface area contributed by atoms with Crippen LogP contribution in [-0.2, 0) is 4.79 Å². The molecule has 8 nitrogen and oxygen atoms in total. The molecule has 1 amide bonds. The van der Waals surface area contributed by atoms with Gasteiger partial charge in [-0.3, -0.25) is 4.79 Å². The number of carbonyl (C=O) groups excluding carboxylic acids is 1. The molecule has 148 valence electrons. The van der Waals surface area contributed by atoms with Crippen LogP contribution in [0.15, 0.2) is 52.1 Å². The Morgan fingerprint density at radius 3 is 2.66 bits per heavy atom. The molecule has 3 aromatic rings.